The Balaban J connectivity index is 2.14. The first-order chi connectivity index (χ1) is 12.1. The Morgan fingerprint density at radius 2 is 1.38 bits per heavy atom. The highest BCUT2D eigenvalue weighted by Crippen LogP contribution is 2.18. The fourth-order valence-electron chi connectivity index (χ4n) is 1.94. The molecule has 2 N–H and O–H groups in total. The number of hydrogen-bond donors (Lipinski definition) is 2. The van der Waals surface area contributed by atoms with E-state index in [-0.39, 0.29) is 15.5 Å². The van der Waals surface area contributed by atoms with Gasteiger partial charge in [-0.15, -0.1) is 0 Å². The summed E-state index contributed by atoms with van der Waals surface area (Å²) in [6.45, 7) is 1.35. The van der Waals surface area contributed by atoms with E-state index in [0.29, 0.717) is 0 Å². The van der Waals surface area contributed by atoms with Gasteiger partial charge in [0.1, 0.15) is 6.54 Å². The van der Waals surface area contributed by atoms with E-state index >= 15 is 0 Å². The minimum Gasteiger partial charge on any atom is -0.468 e. The number of ether oxygens (including phenoxy) is 1. The molecule has 2 aromatic carbocycles. The van der Waals surface area contributed by atoms with Crippen LogP contribution in [0.5, 0.6) is 0 Å². The van der Waals surface area contributed by atoms with Crippen molar-refractivity contribution in [2.24, 2.45) is 0 Å². The van der Waals surface area contributed by atoms with Crippen LogP contribution in [0.15, 0.2) is 58.3 Å². The summed E-state index contributed by atoms with van der Waals surface area (Å²) in [6, 6.07) is 11.4. The summed E-state index contributed by atoms with van der Waals surface area (Å²) in [6.07, 6.45) is 0. The Hall–Kier alpha value is -2.43. The zero-order valence-corrected chi connectivity index (χ0v) is 15.7. The van der Waals surface area contributed by atoms with Crippen LogP contribution in [0.25, 0.3) is 0 Å². The number of anilines is 1. The van der Waals surface area contributed by atoms with Gasteiger partial charge in [0.05, 0.1) is 16.9 Å². The number of carbonyl (C=O) groups excluding carboxylic acids is 1. The van der Waals surface area contributed by atoms with E-state index in [1.165, 1.54) is 36.4 Å². The fourth-order valence-corrected chi connectivity index (χ4v) is 3.97. The molecule has 0 aliphatic heterocycles. The second kappa shape index (κ2) is 7.85. The number of esters is 1. The molecule has 0 aliphatic rings. The summed E-state index contributed by atoms with van der Waals surface area (Å²) in [4.78, 5) is 11.0. The van der Waals surface area contributed by atoms with E-state index in [2.05, 4.69) is 14.2 Å². The molecule has 0 heterocycles. The van der Waals surface area contributed by atoms with E-state index < -0.39 is 32.6 Å². The maximum absolute atomic E-state index is 12.3. The van der Waals surface area contributed by atoms with Gasteiger partial charge in [-0.1, -0.05) is 17.7 Å². The highest BCUT2D eigenvalue weighted by atomic mass is 32.2. The zero-order chi connectivity index (χ0) is 19.4. The molecule has 26 heavy (non-hydrogen) atoms. The zero-order valence-electron chi connectivity index (χ0n) is 14.1. The minimum absolute atomic E-state index is 0.0968. The van der Waals surface area contributed by atoms with Crippen LogP contribution in [-0.2, 0) is 29.6 Å². The van der Waals surface area contributed by atoms with Gasteiger partial charge in [0, 0.05) is 5.69 Å². The molecule has 2 aromatic rings. The average molecular weight is 398 g/mol. The Morgan fingerprint density at radius 1 is 0.885 bits per heavy atom. The molecular formula is C16H18N2O6S2. The Labute approximate surface area is 152 Å². The maximum atomic E-state index is 12.3. The molecule has 0 saturated heterocycles. The van der Waals surface area contributed by atoms with Crippen molar-refractivity contribution in [3.63, 3.8) is 0 Å². The highest BCUT2D eigenvalue weighted by molar-refractivity contribution is 7.92. The van der Waals surface area contributed by atoms with E-state index in [4.69, 9.17) is 0 Å². The van der Waals surface area contributed by atoms with Crippen LogP contribution in [0.2, 0.25) is 0 Å². The number of carbonyl (C=O) groups is 1. The average Bonchev–Trinajstić information content (AvgIpc) is 2.60. The van der Waals surface area contributed by atoms with Crippen molar-refractivity contribution >= 4 is 31.7 Å². The third-order valence-corrected chi connectivity index (χ3v) is 6.20. The normalized spacial score (nSPS) is 11.8. The van der Waals surface area contributed by atoms with Crippen LogP contribution in [0.1, 0.15) is 5.56 Å². The van der Waals surface area contributed by atoms with Crippen molar-refractivity contribution in [1.29, 1.82) is 0 Å². The topological polar surface area (TPSA) is 119 Å². The van der Waals surface area contributed by atoms with Gasteiger partial charge in [-0.2, -0.15) is 4.72 Å². The number of nitrogens with one attached hydrogen (secondary N) is 2. The van der Waals surface area contributed by atoms with Gasteiger partial charge in [0.25, 0.3) is 10.0 Å². The molecule has 2 rings (SSSR count). The lowest BCUT2D eigenvalue weighted by atomic mass is 10.2. The second-order valence-electron chi connectivity index (χ2n) is 5.34. The van der Waals surface area contributed by atoms with Gasteiger partial charge in [-0.3, -0.25) is 9.52 Å². The molecule has 0 saturated carbocycles. The van der Waals surface area contributed by atoms with Gasteiger partial charge < -0.3 is 4.74 Å². The number of aryl methyl sites for hydroxylation is 1. The SMILES string of the molecule is COC(=O)CNS(=O)(=O)c1ccc(NS(=O)(=O)c2ccc(C)cc2)cc1. The molecule has 8 nitrogen and oxygen atoms in total. The number of rotatable bonds is 7. The van der Waals surface area contributed by atoms with Crippen LogP contribution in [0.4, 0.5) is 5.69 Å². The lowest BCUT2D eigenvalue weighted by Gasteiger charge is -2.10. The Bertz CT molecular complexity index is 982. The molecule has 10 heteroatoms. The van der Waals surface area contributed by atoms with Gasteiger partial charge in [-0.05, 0) is 43.3 Å². The molecule has 0 amide bonds. The number of hydrogen-bond acceptors (Lipinski definition) is 6. The van der Waals surface area contributed by atoms with E-state index in [9.17, 15) is 21.6 Å². The lowest BCUT2D eigenvalue weighted by molar-refractivity contribution is -0.139. The summed E-state index contributed by atoms with van der Waals surface area (Å²) in [7, 11) is -6.55. The lowest BCUT2D eigenvalue weighted by Crippen LogP contribution is -2.30. The van der Waals surface area contributed by atoms with Crippen LogP contribution in [-0.4, -0.2) is 36.5 Å². The van der Waals surface area contributed by atoms with Crippen molar-refractivity contribution in [2.45, 2.75) is 16.7 Å². The quantitative estimate of drug-likeness (QED) is 0.678. The molecule has 0 atom stereocenters. The van der Waals surface area contributed by atoms with E-state index in [0.717, 1.165) is 12.7 Å². The Morgan fingerprint density at radius 3 is 1.92 bits per heavy atom. The first-order valence-corrected chi connectivity index (χ1v) is 10.4. The van der Waals surface area contributed by atoms with Crippen LogP contribution < -0.4 is 9.44 Å². The fraction of sp³-hybridized carbons (Fsp3) is 0.188. The van der Waals surface area contributed by atoms with E-state index in [1.54, 1.807) is 12.1 Å². The monoisotopic (exact) mass is 398 g/mol. The van der Waals surface area contributed by atoms with Gasteiger partial charge >= 0.3 is 5.97 Å². The first kappa shape index (κ1) is 19.9. The smallest absolute Gasteiger partial charge is 0.320 e. The molecular weight excluding hydrogens is 380 g/mol. The van der Waals surface area contributed by atoms with Crippen molar-refractivity contribution in [1.82, 2.24) is 4.72 Å². The summed E-state index contributed by atoms with van der Waals surface area (Å²) >= 11 is 0. The third kappa shape index (κ3) is 5.04. The summed E-state index contributed by atoms with van der Waals surface area (Å²) in [5, 5.41) is 0. The molecule has 0 radical (unpaired) electrons. The summed E-state index contributed by atoms with van der Waals surface area (Å²) in [5.41, 5.74) is 1.13. The minimum atomic E-state index is -3.91. The van der Waals surface area contributed by atoms with Crippen LogP contribution in [0.3, 0.4) is 0 Å². The van der Waals surface area contributed by atoms with Crippen molar-refractivity contribution in [2.75, 3.05) is 18.4 Å². The van der Waals surface area contributed by atoms with Gasteiger partial charge in [0.15, 0.2) is 0 Å². The van der Waals surface area contributed by atoms with Gasteiger partial charge in [0.2, 0.25) is 10.0 Å². The van der Waals surface area contributed by atoms with E-state index in [1.807, 2.05) is 6.92 Å². The molecule has 0 fully saturated rings. The van der Waals surface area contributed by atoms with Crippen molar-refractivity contribution < 1.29 is 26.4 Å². The number of methoxy groups -OCH3 is 1. The largest absolute Gasteiger partial charge is 0.468 e. The van der Waals surface area contributed by atoms with Crippen LogP contribution in [0, 0.1) is 6.92 Å². The molecule has 140 valence electrons. The second-order valence-corrected chi connectivity index (χ2v) is 8.79. The molecule has 0 aromatic heterocycles. The van der Waals surface area contributed by atoms with Crippen LogP contribution >= 0.6 is 0 Å². The molecule has 0 aliphatic carbocycles. The molecule has 0 spiro atoms. The van der Waals surface area contributed by atoms with Crippen molar-refractivity contribution in [3.05, 3.63) is 54.1 Å². The van der Waals surface area contributed by atoms with Gasteiger partial charge in [-0.25, -0.2) is 16.8 Å². The highest BCUT2D eigenvalue weighted by Gasteiger charge is 2.17. The number of sulfonamides is 2. The molecule has 0 unspecified atom stereocenters. The predicted octanol–water partition coefficient (Wildman–Crippen LogP) is 1.25. The first-order valence-electron chi connectivity index (χ1n) is 7.40. The number of benzene rings is 2. The predicted molar refractivity (Wildman–Crippen MR) is 95.6 cm³/mol. The standard InChI is InChI=1S/C16H18N2O6S2/c1-12-3-7-15(8-4-12)26(22,23)18-13-5-9-14(10-6-13)25(20,21)17-11-16(19)24-2/h3-10,17-18H,11H2,1-2H3. The maximum Gasteiger partial charge on any atom is 0.320 e. The Kier molecular flexibility index (Phi) is 6.01. The molecule has 0 bridgehead atoms. The summed E-state index contributed by atoms with van der Waals surface area (Å²) in [5.74, 6) is -0.726. The third-order valence-electron chi connectivity index (χ3n) is 3.38. The van der Waals surface area contributed by atoms with Crippen molar-refractivity contribution in [3.8, 4) is 0 Å². The summed E-state index contributed by atoms with van der Waals surface area (Å²) < 4.78 is 57.5.